The van der Waals surface area contributed by atoms with Gasteiger partial charge in [-0.15, -0.1) is 0 Å². The van der Waals surface area contributed by atoms with Crippen LogP contribution in [-0.2, 0) is 0 Å². The van der Waals surface area contributed by atoms with E-state index in [0.717, 1.165) is 37.4 Å². The Morgan fingerprint density at radius 2 is 2.26 bits per heavy atom. The molecule has 3 rings (SSSR count). The fourth-order valence-corrected chi connectivity index (χ4v) is 2.60. The van der Waals surface area contributed by atoms with Gasteiger partial charge in [-0.25, -0.2) is 4.98 Å². The van der Waals surface area contributed by atoms with E-state index in [4.69, 9.17) is 0 Å². The van der Waals surface area contributed by atoms with E-state index in [2.05, 4.69) is 21.4 Å². The van der Waals surface area contributed by atoms with Crippen LogP contribution in [0.15, 0.2) is 22.5 Å². The molecule has 1 heterocycles. The zero-order valence-corrected chi connectivity index (χ0v) is 11.2. The smallest absolute Gasteiger partial charge is 0.252 e. The average molecular weight is 259 g/mol. The molecule has 0 unspecified atom stereocenters. The van der Waals surface area contributed by atoms with Gasteiger partial charge in [0.15, 0.2) is 0 Å². The van der Waals surface area contributed by atoms with Gasteiger partial charge in [-0.2, -0.15) is 0 Å². The van der Waals surface area contributed by atoms with Crippen LogP contribution in [0.25, 0.3) is 0 Å². The summed E-state index contributed by atoms with van der Waals surface area (Å²) in [5.74, 6) is 2.06. The summed E-state index contributed by atoms with van der Waals surface area (Å²) < 4.78 is 0. The molecule has 4 heteroatoms. The van der Waals surface area contributed by atoms with E-state index >= 15 is 0 Å². The van der Waals surface area contributed by atoms with E-state index in [9.17, 15) is 4.79 Å². The number of aromatic amines is 1. The highest BCUT2D eigenvalue weighted by atomic mass is 16.1. The molecule has 2 aliphatic rings. The number of allylic oxidation sites excluding steroid dienone is 1. The first-order chi connectivity index (χ1) is 9.31. The SMILES string of the molecule is O=c1cc(NCCC2=CCCCC2)nc(C2CC2)[nH]1. The van der Waals surface area contributed by atoms with E-state index in [1.54, 1.807) is 11.6 Å². The van der Waals surface area contributed by atoms with E-state index < -0.39 is 0 Å². The second kappa shape index (κ2) is 5.59. The minimum Gasteiger partial charge on any atom is -0.370 e. The Hall–Kier alpha value is -1.58. The Balaban J connectivity index is 1.57. The lowest BCUT2D eigenvalue weighted by molar-refractivity contribution is 0.679. The molecule has 1 aromatic rings. The first kappa shape index (κ1) is 12.5. The van der Waals surface area contributed by atoms with Gasteiger partial charge in [0, 0.05) is 18.5 Å². The highest BCUT2D eigenvalue weighted by Crippen LogP contribution is 2.37. The third-order valence-electron chi connectivity index (χ3n) is 3.86. The summed E-state index contributed by atoms with van der Waals surface area (Å²) in [5, 5.41) is 3.28. The van der Waals surface area contributed by atoms with Crippen LogP contribution in [0, 0.1) is 0 Å². The summed E-state index contributed by atoms with van der Waals surface area (Å²) in [6, 6.07) is 1.56. The third-order valence-corrected chi connectivity index (χ3v) is 3.86. The lowest BCUT2D eigenvalue weighted by atomic mass is 9.97. The summed E-state index contributed by atoms with van der Waals surface area (Å²) in [4.78, 5) is 18.9. The van der Waals surface area contributed by atoms with Crippen molar-refractivity contribution < 1.29 is 0 Å². The van der Waals surface area contributed by atoms with Gasteiger partial charge < -0.3 is 10.3 Å². The van der Waals surface area contributed by atoms with Crippen molar-refractivity contribution in [3.8, 4) is 0 Å². The molecule has 2 N–H and O–H groups in total. The maximum absolute atomic E-state index is 11.6. The van der Waals surface area contributed by atoms with Gasteiger partial charge in [-0.1, -0.05) is 11.6 Å². The van der Waals surface area contributed by atoms with Crippen LogP contribution in [0.3, 0.4) is 0 Å². The number of nitrogens with zero attached hydrogens (tertiary/aromatic N) is 1. The zero-order valence-electron chi connectivity index (χ0n) is 11.2. The molecule has 1 fully saturated rings. The predicted octanol–water partition coefficient (Wildman–Crippen LogP) is 2.95. The number of rotatable bonds is 5. The Kier molecular flexibility index (Phi) is 3.67. The van der Waals surface area contributed by atoms with Crippen LogP contribution >= 0.6 is 0 Å². The number of hydrogen-bond acceptors (Lipinski definition) is 3. The molecule has 0 aromatic carbocycles. The van der Waals surface area contributed by atoms with E-state index in [1.165, 1.54) is 25.7 Å². The Morgan fingerprint density at radius 1 is 1.37 bits per heavy atom. The minimum atomic E-state index is -0.0451. The molecule has 1 saturated carbocycles. The molecule has 19 heavy (non-hydrogen) atoms. The van der Waals surface area contributed by atoms with Crippen molar-refractivity contribution in [2.75, 3.05) is 11.9 Å². The standard InChI is InChI=1S/C15H21N3O/c19-14-10-13(17-15(18-14)12-6-7-12)16-9-8-11-4-2-1-3-5-11/h4,10,12H,1-3,5-9H2,(H2,16,17,18,19). The molecular formula is C15H21N3O. The summed E-state index contributed by atoms with van der Waals surface area (Å²) in [6.07, 6.45) is 10.8. The van der Waals surface area contributed by atoms with Crippen molar-refractivity contribution >= 4 is 5.82 Å². The third kappa shape index (κ3) is 3.46. The Bertz CT molecular complexity index is 528. The predicted molar refractivity (Wildman–Crippen MR) is 76.5 cm³/mol. The molecule has 0 atom stereocenters. The summed E-state index contributed by atoms with van der Waals surface area (Å²) in [6.45, 7) is 0.867. The highest BCUT2D eigenvalue weighted by Gasteiger charge is 2.26. The maximum Gasteiger partial charge on any atom is 0.252 e. The van der Waals surface area contributed by atoms with Crippen molar-refractivity contribution in [2.45, 2.75) is 50.9 Å². The van der Waals surface area contributed by atoms with Gasteiger partial charge in [0.1, 0.15) is 11.6 Å². The summed E-state index contributed by atoms with van der Waals surface area (Å²) >= 11 is 0. The molecule has 0 bridgehead atoms. The van der Waals surface area contributed by atoms with Gasteiger partial charge in [-0.05, 0) is 44.9 Å². The molecule has 1 aromatic heterocycles. The van der Waals surface area contributed by atoms with Crippen molar-refractivity contribution in [3.63, 3.8) is 0 Å². The van der Waals surface area contributed by atoms with Gasteiger partial charge >= 0.3 is 0 Å². The largest absolute Gasteiger partial charge is 0.370 e. The molecule has 0 amide bonds. The van der Waals surface area contributed by atoms with E-state index in [1.807, 2.05) is 0 Å². The van der Waals surface area contributed by atoms with Crippen LogP contribution in [0.5, 0.6) is 0 Å². The van der Waals surface area contributed by atoms with Crippen molar-refractivity contribution in [1.29, 1.82) is 0 Å². The number of hydrogen-bond donors (Lipinski definition) is 2. The topological polar surface area (TPSA) is 57.8 Å². The van der Waals surface area contributed by atoms with Crippen molar-refractivity contribution in [3.05, 3.63) is 33.9 Å². The second-order valence-electron chi connectivity index (χ2n) is 5.58. The Morgan fingerprint density at radius 3 is 3.00 bits per heavy atom. The van der Waals surface area contributed by atoms with Crippen molar-refractivity contribution in [1.82, 2.24) is 9.97 Å². The number of nitrogens with one attached hydrogen (secondary N) is 2. The Labute approximate surface area is 113 Å². The van der Waals surface area contributed by atoms with Gasteiger partial charge in [0.25, 0.3) is 5.56 Å². The van der Waals surface area contributed by atoms with E-state index in [-0.39, 0.29) is 5.56 Å². The van der Waals surface area contributed by atoms with Crippen LogP contribution in [0.2, 0.25) is 0 Å². The van der Waals surface area contributed by atoms with Crippen LogP contribution in [0.1, 0.15) is 56.7 Å². The fraction of sp³-hybridized carbons (Fsp3) is 0.600. The molecule has 0 spiro atoms. The van der Waals surface area contributed by atoms with Gasteiger partial charge in [-0.3, -0.25) is 4.79 Å². The normalized spacial score (nSPS) is 19.1. The number of H-pyrrole nitrogens is 1. The second-order valence-corrected chi connectivity index (χ2v) is 5.58. The van der Waals surface area contributed by atoms with E-state index in [0.29, 0.717) is 5.92 Å². The maximum atomic E-state index is 11.6. The van der Waals surface area contributed by atoms with Gasteiger partial charge in [0.05, 0.1) is 0 Å². The van der Waals surface area contributed by atoms with Crippen LogP contribution < -0.4 is 10.9 Å². The minimum absolute atomic E-state index is 0.0451. The lowest BCUT2D eigenvalue weighted by Crippen LogP contribution is -2.14. The molecule has 4 nitrogen and oxygen atoms in total. The molecule has 102 valence electrons. The quantitative estimate of drug-likeness (QED) is 0.799. The lowest BCUT2D eigenvalue weighted by Gasteiger charge is -2.13. The molecule has 0 aliphatic heterocycles. The van der Waals surface area contributed by atoms with Crippen LogP contribution in [0.4, 0.5) is 5.82 Å². The summed E-state index contributed by atoms with van der Waals surface area (Å²) in [5.41, 5.74) is 1.50. The molecule has 0 saturated heterocycles. The molecule has 0 radical (unpaired) electrons. The fourth-order valence-electron chi connectivity index (χ4n) is 2.60. The first-order valence-electron chi connectivity index (χ1n) is 7.34. The number of aromatic nitrogens is 2. The first-order valence-corrected chi connectivity index (χ1v) is 7.34. The van der Waals surface area contributed by atoms with Crippen molar-refractivity contribution in [2.24, 2.45) is 0 Å². The van der Waals surface area contributed by atoms with Crippen LogP contribution in [-0.4, -0.2) is 16.5 Å². The zero-order chi connectivity index (χ0) is 13.1. The monoisotopic (exact) mass is 259 g/mol. The van der Waals surface area contributed by atoms with Gasteiger partial charge in [0.2, 0.25) is 0 Å². The highest BCUT2D eigenvalue weighted by molar-refractivity contribution is 5.34. The average Bonchev–Trinajstić information content (AvgIpc) is 3.24. The number of anilines is 1. The molecule has 2 aliphatic carbocycles. The summed E-state index contributed by atoms with van der Waals surface area (Å²) in [7, 11) is 0. The molecular weight excluding hydrogens is 238 g/mol.